The molecule has 1 N–H and O–H groups in total. The molecule has 4 nitrogen and oxygen atoms in total. The van der Waals surface area contributed by atoms with E-state index < -0.39 is 50.7 Å². The summed E-state index contributed by atoms with van der Waals surface area (Å²) in [5, 5.41) is -6.75. The summed E-state index contributed by atoms with van der Waals surface area (Å²) in [5.41, 5.74) is -2.46. The second kappa shape index (κ2) is 7.63. The Morgan fingerprint density at radius 3 is 1.68 bits per heavy atom. The number of hydrogen-bond acceptors (Lipinski definition) is 3. The summed E-state index contributed by atoms with van der Waals surface area (Å²) >= 11 is 0. The maximum absolute atomic E-state index is 14.1. The minimum Gasteiger partial charge on any atom is -0.281 e. The van der Waals surface area contributed by atoms with Crippen LogP contribution in [-0.2, 0) is 20.8 Å². The van der Waals surface area contributed by atoms with Gasteiger partial charge in [0.05, 0.1) is 5.56 Å². The number of benzene rings is 2. The summed E-state index contributed by atoms with van der Waals surface area (Å²) in [7, 11) is -7.08. The van der Waals surface area contributed by atoms with Crippen LogP contribution < -0.4 is 0 Å². The normalized spacial score (nSPS) is 14.0. The summed E-state index contributed by atoms with van der Waals surface area (Å²) in [5.74, 6) is -8.84. The van der Waals surface area contributed by atoms with E-state index in [9.17, 15) is 52.3 Å². The molecule has 0 amide bonds. The average molecular weight is 486 g/mol. The van der Waals surface area contributed by atoms with Crippen molar-refractivity contribution in [3.05, 3.63) is 59.7 Å². The summed E-state index contributed by atoms with van der Waals surface area (Å²) in [4.78, 5) is 0. The molecule has 0 radical (unpaired) electrons. The summed E-state index contributed by atoms with van der Waals surface area (Å²) in [6, 6.07) is 4.79. The van der Waals surface area contributed by atoms with Crippen LogP contribution in [0.25, 0.3) is 11.1 Å². The molecule has 0 heterocycles. The molecule has 0 atom stereocenters. The van der Waals surface area contributed by atoms with Gasteiger partial charge in [-0.2, -0.15) is 43.5 Å². The summed E-state index contributed by atoms with van der Waals surface area (Å²) in [6.45, 7) is 0. The van der Waals surface area contributed by atoms with E-state index in [2.05, 4.69) is 4.74 Å². The zero-order chi connectivity index (χ0) is 24.0. The van der Waals surface area contributed by atoms with Gasteiger partial charge in [0.25, 0.3) is 0 Å². The van der Waals surface area contributed by atoms with Crippen LogP contribution in [0.1, 0.15) is 5.56 Å². The third-order valence-electron chi connectivity index (χ3n) is 3.77. The Kier molecular flexibility index (Phi) is 6.12. The van der Waals surface area contributed by atoms with E-state index >= 15 is 0 Å². The van der Waals surface area contributed by atoms with Gasteiger partial charge >= 0.3 is 33.5 Å². The predicted octanol–water partition coefficient (Wildman–Crippen LogP) is 5.41. The first kappa shape index (κ1) is 24.9. The smallest absolute Gasteiger partial charge is 0.281 e. The fourth-order valence-electron chi connectivity index (χ4n) is 2.18. The fraction of sp³-hybridized carbons (Fsp3) is 0.250. The molecule has 0 fully saturated rings. The van der Waals surface area contributed by atoms with E-state index in [0.29, 0.717) is 6.07 Å². The summed E-state index contributed by atoms with van der Waals surface area (Å²) in [6.07, 6.45) is -13.4. The van der Waals surface area contributed by atoms with Crippen molar-refractivity contribution in [2.24, 2.45) is 0 Å². The van der Waals surface area contributed by atoms with Crippen molar-refractivity contribution in [2.45, 2.75) is 23.4 Å². The standard InChI is InChI=1S/C16H8F10O4S/c17-10-4-1-8(2-5-10)9-3-6-11(12(18)7-9)13(19,20)14(21,22)30-15(23,24)16(25,26)31(27,28)29/h1-7H,(H,27,28,29). The van der Waals surface area contributed by atoms with Gasteiger partial charge < -0.3 is 0 Å². The number of ether oxygens (including phenoxy) is 1. The Balaban J connectivity index is 2.44. The highest BCUT2D eigenvalue weighted by Crippen LogP contribution is 2.50. The lowest BCUT2D eigenvalue weighted by molar-refractivity contribution is -0.460. The molecule has 0 aromatic heterocycles. The molecule has 0 unspecified atom stereocenters. The first-order chi connectivity index (χ1) is 13.8. The molecule has 0 saturated heterocycles. The van der Waals surface area contributed by atoms with E-state index in [1.807, 2.05) is 0 Å². The first-order valence-electron chi connectivity index (χ1n) is 7.58. The van der Waals surface area contributed by atoms with Gasteiger partial charge in [-0.3, -0.25) is 4.55 Å². The number of halogens is 10. The van der Waals surface area contributed by atoms with Crippen LogP contribution >= 0.6 is 0 Å². The van der Waals surface area contributed by atoms with E-state index in [1.54, 1.807) is 0 Å². The van der Waals surface area contributed by atoms with Crippen molar-refractivity contribution in [1.82, 2.24) is 0 Å². The molecule has 15 heteroatoms. The number of rotatable bonds is 7. The molecule has 0 spiro atoms. The molecule has 0 bridgehead atoms. The van der Waals surface area contributed by atoms with Crippen LogP contribution in [0.5, 0.6) is 0 Å². The Labute approximate surface area is 166 Å². The molecular formula is C16H8F10O4S. The van der Waals surface area contributed by atoms with Gasteiger partial charge in [-0.05, 0) is 35.4 Å². The van der Waals surface area contributed by atoms with Crippen molar-refractivity contribution in [1.29, 1.82) is 0 Å². The molecule has 0 saturated carbocycles. The van der Waals surface area contributed by atoms with E-state index in [4.69, 9.17) is 4.55 Å². The molecule has 31 heavy (non-hydrogen) atoms. The number of alkyl halides is 8. The third-order valence-corrected chi connectivity index (χ3v) is 4.66. The maximum Gasteiger partial charge on any atom is 0.460 e. The summed E-state index contributed by atoms with van der Waals surface area (Å²) < 4.78 is 166. The highest BCUT2D eigenvalue weighted by atomic mass is 32.2. The fourth-order valence-corrected chi connectivity index (χ4v) is 2.53. The van der Waals surface area contributed by atoms with Gasteiger partial charge in [0, 0.05) is 0 Å². The molecule has 2 aromatic carbocycles. The monoisotopic (exact) mass is 486 g/mol. The SMILES string of the molecule is O=S(=O)(O)C(F)(F)C(F)(F)OC(F)(F)C(F)(F)c1ccc(-c2ccc(F)cc2)cc1F. The van der Waals surface area contributed by atoms with Crippen molar-refractivity contribution >= 4 is 10.1 Å². The molecule has 172 valence electrons. The predicted molar refractivity (Wildman–Crippen MR) is 83.2 cm³/mol. The van der Waals surface area contributed by atoms with Crippen molar-refractivity contribution in [2.75, 3.05) is 0 Å². The largest absolute Gasteiger partial charge is 0.460 e. The molecule has 0 aliphatic rings. The van der Waals surface area contributed by atoms with E-state index in [0.717, 1.165) is 24.3 Å². The van der Waals surface area contributed by atoms with Gasteiger partial charge in [-0.1, -0.05) is 18.2 Å². The van der Waals surface area contributed by atoms with Crippen LogP contribution in [-0.4, -0.2) is 30.4 Å². The van der Waals surface area contributed by atoms with Gasteiger partial charge in [0.1, 0.15) is 11.6 Å². The van der Waals surface area contributed by atoms with Crippen molar-refractivity contribution in [3.63, 3.8) is 0 Å². The molecular weight excluding hydrogens is 478 g/mol. The minimum absolute atomic E-state index is 0.00433. The lowest BCUT2D eigenvalue weighted by Gasteiger charge is -2.31. The zero-order valence-corrected chi connectivity index (χ0v) is 15.2. The number of hydrogen-bond donors (Lipinski definition) is 1. The molecule has 0 aliphatic carbocycles. The highest BCUT2D eigenvalue weighted by molar-refractivity contribution is 7.86. The Hall–Kier alpha value is -2.39. The van der Waals surface area contributed by atoms with E-state index in [-0.39, 0.29) is 23.3 Å². The van der Waals surface area contributed by atoms with Crippen LogP contribution in [0.15, 0.2) is 42.5 Å². The van der Waals surface area contributed by atoms with E-state index in [1.165, 1.54) is 0 Å². The average Bonchev–Trinajstić information content (AvgIpc) is 2.59. The van der Waals surface area contributed by atoms with Gasteiger partial charge in [0.2, 0.25) is 0 Å². The lowest BCUT2D eigenvalue weighted by atomic mass is 10.00. The zero-order valence-electron chi connectivity index (χ0n) is 14.4. The first-order valence-corrected chi connectivity index (χ1v) is 9.02. The topological polar surface area (TPSA) is 63.6 Å². The molecule has 0 aliphatic heterocycles. The van der Waals surface area contributed by atoms with Crippen LogP contribution in [0, 0.1) is 11.6 Å². The second-order valence-electron chi connectivity index (χ2n) is 5.90. The lowest BCUT2D eigenvalue weighted by Crippen LogP contribution is -2.55. The third kappa shape index (κ3) is 4.48. The van der Waals surface area contributed by atoms with Gasteiger partial charge in [-0.15, -0.1) is 0 Å². The van der Waals surface area contributed by atoms with Crippen LogP contribution in [0.4, 0.5) is 43.9 Å². The second-order valence-corrected chi connectivity index (χ2v) is 7.37. The molecule has 2 aromatic rings. The highest BCUT2D eigenvalue weighted by Gasteiger charge is 2.74. The Morgan fingerprint density at radius 1 is 0.742 bits per heavy atom. The van der Waals surface area contributed by atoms with Crippen molar-refractivity contribution in [3.8, 4) is 11.1 Å². The Morgan fingerprint density at radius 2 is 1.23 bits per heavy atom. The Bertz CT molecular complexity index is 1070. The quantitative estimate of drug-likeness (QED) is 0.420. The minimum atomic E-state index is -7.08. The van der Waals surface area contributed by atoms with Crippen LogP contribution in [0.3, 0.4) is 0 Å². The van der Waals surface area contributed by atoms with Crippen LogP contribution in [0.2, 0.25) is 0 Å². The van der Waals surface area contributed by atoms with Crippen molar-refractivity contribution < 1.29 is 61.6 Å². The maximum atomic E-state index is 14.1. The molecule has 2 rings (SSSR count). The van der Waals surface area contributed by atoms with Gasteiger partial charge in [0.15, 0.2) is 0 Å². The van der Waals surface area contributed by atoms with Gasteiger partial charge in [-0.25, -0.2) is 13.5 Å².